The number of nitrogen functional groups attached to an aromatic ring is 1. The number of aliphatic hydroxyl groups excluding tert-OH is 1. The van der Waals surface area contributed by atoms with Gasteiger partial charge in [-0.05, 0) is 38.2 Å². The summed E-state index contributed by atoms with van der Waals surface area (Å²) >= 11 is 0. The summed E-state index contributed by atoms with van der Waals surface area (Å²) in [6.07, 6.45) is 8.07. The average molecular weight is 368 g/mol. The summed E-state index contributed by atoms with van der Waals surface area (Å²) in [4.78, 5) is 12.9. The highest BCUT2D eigenvalue weighted by Crippen LogP contribution is 2.39. The van der Waals surface area contributed by atoms with Crippen LogP contribution in [0.4, 0.5) is 11.5 Å². The predicted molar refractivity (Wildman–Crippen MR) is 108 cm³/mol. The van der Waals surface area contributed by atoms with Gasteiger partial charge in [0.1, 0.15) is 11.9 Å². The molecule has 0 bridgehead atoms. The second-order valence-electron chi connectivity index (χ2n) is 7.44. The number of rotatable bonds is 2. The molecule has 144 valence electrons. The highest BCUT2D eigenvalue weighted by Gasteiger charge is 2.35. The number of hydrogen-bond donors (Lipinski definition) is 2. The van der Waals surface area contributed by atoms with E-state index in [-0.39, 0.29) is 0 Å². The van der Waals surface area contributed by atoms with Gasteiger partial charge in [-0.3, -0.25) is 0 Å². The van der Waals surface area contributed by atoms with Crippen LogP contribution in [0, 0.1) is 0 Å². The lowest BCUT2D eigenvalue weighted by Crippen LogP contribution is -2.41. The third-order valence-electron chi connectivity index (χ3n) is 5.22. The molecule has 4 rings (SSSR count). The van der Waals surface area contributed by atoms with E-state index < -0.39 is 5.60 Å². The van der Waals surface area contributed by atoms with E-state index in [9.17, 15) is 0 Å². The van der Waals surface area contributed by atoms with Gasteiger partial charge in [0.25, 0.3) is 0 Å². The molecule has 0 unspecified atom stereocenters. The molecule has 2 aromatic rings. The zero-order valence-electron chi connectivity index (χ0n) is 16.3. The number of fused-ring (bicyclic) bond motifs is 1. The van der Waals surface area contributed by atoms with E-state index in [1.165, 1.54) is 44.0 Å². The van der Waals surface area contributed by atoms with Crippen LogP contribution >= 0.6 is 0 Å². The van der Waals surface area contributed by atoms with Gasteiger partial charge < -0.3 is 15.6 Å². The van der Waals surface area contributed by atoms with Crippen LogP contribution in [0.1, 0.15) is 63.0 Å². The SMILES string of the molecule is CC1(C)Oc2ncnc(N)c2N=C1c1ccc(C2CCCCC2)cc1.CO. The van der Waals surface area contributed by atoms with Crippen LogP contribution in [-0.2, 0) is 0 Å². The Hall–Kier alpha value is -2.47. The van der Waals surface area contributed by atoms with E-state index in [0.717, 1.165) is 18.4 Å². The van der Waals surface area contributed by atoms with Crippen molar-refractivity contribution in [2.75, 3.05) is 12.8 Å². The first-order chi connectivity index (χ1) is 13.0. The fraction of sp³-hybridized carbons (Fsp3) is 0.476. The standard InChI is InChI=1S/C20H24N4O.CH4O/c1-20(2)17(24-16-18(21)22-12-23-19(16)25-20)15-10-8-14(9-11-15)13-6-4-3-5-7-13;1-2/h8-13H,3-7H2,1-2H3,(H2,21,22,23);2H,1H3. The van der Waals surface area contributed by atoms with E-state index in [1.54, 1.807) is 0 Å². The van der Waals surface area contributed by atoms with E-state index in [4.69, 9.17) is 20.6 Å². The molecule has 1 aliphatic carbocycles. The summed E-state index contributed by atoms with van der Waals surface area (Å²) in [6, 6.07) is 8.78. The third-order valence-corrected chi connectivity index (χ3v) is 5.22. The Bertz CT molecular complexity index is 809. The molecule has 1 aromatic carbocycles. The Labute approximate surface area is 160 Å². The van der Waals surface area contributed by atoms with Crippen molar-refractivity contribution in [1.29, 1.82) is 0 Å². The van der Waals surface area contributed by atoms with Crippen molar-refractivity contribution in [3.05, 3.63) is 41.7 Å². The van der Waals surface area contributed by atoms with Gasteiger partial charge in [0.15, 0.2) is 11.5 Å². The minimum Gasteiger partial charge on any atom is -0.463 e. The van der Waals surface area contributed by atoms with Crippen LogP contribution in [-0.4, -0.2) is 33.5 Å². The normalized spacial score (nSPS) is 18.4. The Morgan fingerprint density at radius 2 is 1.70 bits per heavy atom. The predicted octanol–water partition coefficient (Wildman–Crippen LogP) is 4.01. The molecule has 0 atom stereocenters. The van der Waals surface area contributed by atoms with Gasteiger partial charge in [0.05, 0.1) is 5.71 Å². The fourth-order valence-electron chi connectivity index (χ4n) is 3.85. The molecule has 1 saturated carbocycles. The van der Waals surface area contributed by atoms with E-state index in [0.29, 0.717) is 23.3 Å². The minimum atomic E-state index is -0.569. The number of aliphatic imine (C=N–C) groups is 1. The van der Waals surface area contributed by atoms with Crippen molar-refractivity contribution < 1.29 is 9.84 Å². The quantitative estimate of drug-likeness (QED) is 0.835. The molecule has 2 aliphatic rings. The number of nitrogens with two attached hydrogens (primary N) is 1. The molecule has 0 saturated heterocycles. The van der Waals surface area contributed by atoms with Gasteiger partial charge in [-0.1, -0.05) is 43.5 Å². The van der Waals surface area contributed by atoms with Crippen LogP contribution in [0.3, 0.4) is 0 Å². The second kappa shape index (κ2) is 8.05. The lowest BCUT2D eigenvalue weighted by molar-refractivity contribution is 0.171. The van der Waals surface area contributed by atoms with Crippen LogP contribution in [0.5, 0.6) is 5.88 Å². The molecular formula is C21H28N4O2. The summed E-state index contributed by atoms with van der Waals surface area (Å²) in [7, 11) is 1.00. The van der Waals surface area contributed by atoms with Crippen molar-refractivity contribution in [2.24, 2.45) is 4.99 Å². The highest BCUT2D eigenvalue weighted by molar-refractivity contribution is 6.09. The van der Waals surface area contributed by atoms with Crippen molar-refractivity contribution >= 4 is 17.2 Å². The molecule has 6 nitrogen and oxygen atoms in total. The van der Waals surface area contributed by atoms with E-state index >= 15 is 0 Å². The lowest BCUT2D eigenvalue weighted by Gasteiger charge is -2.32. The summed E-state index contributed by atoms with van der Waals surface area (Å²) in [5, 5.41) is 7.00. The van der Waals surface area contributed by atoms with Crippen LogP contribution in [0.15, 0.2) is 35.6 Å². The number of ether oxygens (including phenoxy) is 1. The summed E-state index contributed by atoms with van der Waals surface area (Å²) < 4.78 is 6.05. The van der Waals surface area contributed by atoms with E-state index in [1.807, 2.05) is 13.8 Å². The summed E-state index contributed by atoms with van der Waals surface area (Å²) in [5.74, 6) is 1.49. The molecular weight excluding hydrogens is 340 g/mol. The molecule has 1 fully saturated rings. The molecule has 0 spiro atoms. The monoisotopic (exact) mass is 368 g/mol. The van der Waals surface area contributed by atoms with Gasteiger partial charge >= 0.3 is 0 Å². The molecule has 3 N–H and O–H groups in total. The van der Waals surface area contributed by atoms with Crippen molar-refractivity contribution in [1.82, 2.24) is 9.97 Å². The van der Waals surface area contributed by atoms with Gasteiger partial charge in [-0.2, -0.15) is 4.98 Å². The number of anilines is 1. The Kier molecular flexibility index (Phi) is 5.75. The van der Waals surface area contributed by atoms with Crippen molar-refractivity contribution in [3.63, 3.8) is 0 Å². The summed E-state index contributed by atoms with van der Waals surface area (Å²) in [5.41, 5.74) is 9.25. The molecule has 0 amide bonds. The molecule has 2 heterocycles. The number of hydrogen-bond acceptors (Lipinski definition) is 6. The van der Waals surface area contributed by atoms with Crippen molar-refractivity contribution in [2.45, 2.75) is 57.5 Å². The fourth-order valence-corrected chi connectivity index (χ4v) is 3.85. The second-order valence-corrected chi connectivity index (χ2v) is 7.44. The number of aromatic nitrogens is 2. The zero-order chi connectivity index (χ0) is 19.4. The maximum absolute atomic E-state index is 7.00. The van der Waals surface area contributed by atoms with Gasteiger partial charge in [-0.15, -0.1) is 0 Å². The number of nitrogens with zero attached hydrogens (tertiary/aromatic N) is 3. The molecule has 6 heteroatoms. The maximum Gasteiger partial charge on any atom is 0.246 e. The van der Waals surface area contributed by atoms with Gasteiger partial charge in [0.2, 0.25) is 5.88 Å². The Balaban J connectivity index is 0.00000102. The largest absolute Gasteiger partial charge is 0.463 e. The molecule has 27 heavy (non-hydrogen) atoms. The first-order valence-corrected chi connectivity index (χ1v) is 9.48. The lowest BCUT2D eigenvalue weighted by atomic mass is 9.83. The Morgan fingerprint density at radius 1 is 1.04 bits per heavy atom. The zero-order valence-corrected chi connectivity index (χ0v) is 16.3. The van der Waals surface area contributed by atoms with Gasteiger partial charge in [0, 0.05) is 12.7 Å². The topological polar surface area (TPSA) is 93.6 Å². The van der Waals surface area contributed by atoms with Crippen LogP contribution < -0.4 is 10.5 Å². The maximum atomic E-state index is 7.00. The third kappa shape index (κ3) is 3.95. The van der Waals surface area contributed by atoms with E-state index in [2.05, 4.69) is 34.2 Å². The van der Waals surface area contributed by atoms with Crippen LogP contribution in [0.2, 0.25) is 0 Å². The first-order valence-electron chi connectivity index (χ1n) is 9.48. The molecule has 1 aliphatic heterocycles. The first kappa shape index (κ1) is 19.3. The smallest absolute Gasteiger partial charge is 0.246 e. The molecule has 1 aromatic heterocycles. The average Bonchev–Trinajstić information content (AvgIpc) is 2.69. The number of aliphatic hydroxyl groups is 1. The van der Waals surface area contributed by atoms with Gasteiger partial charge in [-0.25, -0.2) is 9.98 Å². The minimum absolute atomic E-state index is 0.344. The summed E-state index contributed by atoms with van der Waals surface area (Å²) in [6.45, 7) is 4.00. The van der Waals surface area contributed by atoms with Crippen LogP contribution in [0.25, 0.3) is 0 Å². The highest BCUT2D eigenvalue weighted by atomic mass is 16.5. The Morgan fingerprint density at radius 3 is 2.37 bits per heavy atom. The molecule has 0 radical (unpaired) electrons. The van der Waals surface area contributed by atoms with Crippen molar-refractivity contribution in [3.8, 4) is 5.88 Å². The number of benzene rings is 1.